The molecule has 2 aliphatic rings. The lowest BCUT2D eigenvalue weighted by molar-refractivity contribution is 0.246. The maximum absolute atomic E-state index is 13.5. The highest BCUT2D eigenvalue weighted by Crippen LogP contribution is 2.40. The molecule has 1 aromatic carbocycles. The van der Waals surface area contributed by atoms with Crippen LogP contribution in [-0.2, 0) is 0 Å². The Morgan fingerprint density at radius 2 is 1.31 bits per heavy atom. The predicted octanol–water partition coefficient (Wildman–Crippen LogP) is 7.87. The standard InChI is InChI=1S/C22H28BrF3/c23-12-11-17-5-3-15(4-6-17)1-2-16-7-9-18(10-8-16)19-13-20(24)22(26)21(25)14-19/h11-18H,1-10H2/b12-11+/t15-,16-,17-,18-. The van der Waals surface area contributed by atoms with Crippen LogP contribution in [0.4, 0.5) is 13.2 Å². The largest absolute Gasteiger partial charge is 0.204 e. The highest BCUT2D eigenvalue weighted by molar-refractivity contribution is 9.11. The van der Waals surface area contributed by atoms with Crippen LogP contribution in [0.5, 0.6) is 0 Å². The van der Waals surface area contributed by atoms with Crippen LogP contribution < -0.4 is 0 Å². The molecule has 2 aliphatic carbocycles. The van der Waals surface area contributed by atoms with E-state index in [4.69, 9.17) is 0 Å². The number of halogens is 4. The second kappa shape index (κ2) is 9.43. The van der Waals surface area contributed by atoms with Crippen molar-refractivity contribution in [2.45, 2.75) is 70.1 Å². The molecule has 0 heterocycles. The van der Waals surface area contributed by atoms with Gasteiger partial charge in [-0.1, -0.05) is 34.8 Å². The highest BCUT2D eigenvalue weighted by Gasteiger charge is 2.26. The first kappa shape index (κ1) is 20.0. The van der Waals surface area contributed by atoms with Crippen LogP contribution in [0.3, 0.4) is 0 Å². The maximum atomic E-state index is 13.5. The summed E-state index contributed by atoms with van der Waals surface area (Å²) < 4.78 is 40.0. The molecular weight excluding hydrogens is 401 g/mol. The monoisotopic (exact) mass is 428 g/mol. The summed E-state index contributed by atoms with van der Waals surface area (Å²) >= 11 is 3.38. The van der Waals surface area contributed by atoms with Gasteiger partial charge in [-0.05, 0) is 97.7 Å². The number of rotatable bonds is 5. The lowest BCUT2D eigenvalue weighted by atomic mass is 9.74. The topological polar surface area (TPSA) is 0 Å². The van der Waals surface area contributed by atoms with Crippen molar-refractivity contribution in [2.24, 2.45) is 17.8 Å². The maximum Gasteiger partial charge on any atom is 0.194 e. The molecule has 0 radical (unpaired) electrons. The van der Waals surface area contributed by atoms with Crippen LogP contribution in [0.1, 0.15) is 75.7 Å². The Hall–Kier alpha value is -0.770. The van der Waals surface area contributed by atoms with Gasteiger partial charge in [-0.3, -0.25) is 0 Å². The molecule has 0 N–H and O–H groups in total. The van der Waals surface area contributed by atoms with Gasteiger partial charge in [0, 0.05) is 0 Å². The predicted molar refractivity (Wildman–Crippen MR) is 104 cm³/mol. The zero-order valence-electron chi connectivity index (χ0n) is 15.2. The average Bonchev–Trinajstić information content (AvgIpc) is 2.66. The van der Waals surface area contributed by atoms with E-state index in [1.807, 2.05) is 4.99 Å². The first-order valence-corrected chi connectivity index (χ1v) is 10.9. The first-order chi connectivity index (χ1) is 12.6. The molecule has 2 fully saturated rings. The molecular formula is C22H28BrF3. The van der Waals surface area contributed by atoms with Crippen LogP contribution in [0.2, 0.25) is 0 Å². The molecule has 0 unspecified atom stereocenters. The van der Waals surface area contributed by atoms with E-state index in [2.05, 4.69) is 22.0 Å². The summed E-state index contributed by atoms with van der Waals surface area (Å²) in [5, 5.41) is 0. The van der Waals surface area contributed by atoms with Crippen LogP contribution in [-0.4, -0.2) is 0 Å². The summed E-state index contributed by atoms with van der Waals surface area (Å²) in [7, 11) is 0. The summed E-state index contributed by atoms with van der Waals surface area (Å²) in [5.41, 5.74) is 0.623. The fraction of sp³-hybridized carbons (Fsp3) is 0.636. The average molecular weight is 429 g/mol. The molecule has 0 spiro atoms. The van der Waals surface area contributed by atoms with E-state index in [0.717, 1.165) is 43.4 Å². The van der Waals surface area contributed by atoms with Gasteiger partial charge < -0.3 is 0 Å². The summed E-state index contributed by atoms with van der Waals surface area (Å²) in [4.78, 5) is 2.00. The molecule has 26 heavy (non-hydrogen) atoms. The molecule has 2 saturated carbocycles. The molecule has 0 amide bonds. The first-order valence-electron chi connectivity index (χ1n) is 9.98. The van der Waals surface area contributed by atoms with Crippen LogP contribution in [0.25, 0.3) is 0 Å². The molecule has 0 atom stereocenters. The van der Waals surface area contributed by atoms with E-state index in [1.165, 1.54) is 50.7 Å². The Morgan fingerprint density at radius 3 is 1.81 bits per heavy atom. The van der Waals surface area contributed by atoms with Gasteiger partial charge in [0.2, 0.25) is 0 Å². The van der Waals surface area contributed by atoms with E-state index < -0.39 is 17.5 Å². The number of hydrogen-bond acceptors (Lipinski definition) is 0. The van der Waals surface area contributed by atoms with Crippen molar-refractivity contribution in [3.05, 3.63) is 46.2 Å². The molecule has 0 bridgehead atoms. The quantitative estimate of drug-likeness (QED) is 0.418. The number of allylic oxidation sites excluding steroid dienone is 1. The third-order valence-electron chi connectivity index (χ3n) is 6.54. The Kier molecular flexibility index (Phi) is 7.25. The molecule has 0 nitrogen and oxygen atoms in total. The highest BCUT2D eigenvalue weighted by atomic mass is 79.9. The zero-order valence-corrected chi connectivity index (χ0v) is 16.8. The molecule has 144 valence electrons. The van der Waals surface area contributed by atoms with Crippen molar-refractivity contribution >= 4 is 15.9 Å². The summed E-state index contributed by atoms with van der Waals surface area (Å²) in [6.07, 6.45) is 14.3. The molecule has 0 aromatic heterocycles. The fourth-order valence-electron chi connectivity index (χ4n) is 4.84. The summed E-state index contributed by atoms with van der Waals surface area (Å²) in [5.74, 6) is -0.960. The Bertz CT molecular complexity index is 589. The Labute approximate surface area is 163 Å². The van der Waals surface area contributed by atoms with Crippen molar-refractivity contribution < 1.29 is 13.2 Å². The zero-order chi connectivity index (χ0) is 18.5. The minimum atomic E-state index is -1.36. The van der Waals surface area contributed by atoms with Crippen molar-refractivity contribution in [3.8, 4) is 0 Å². The second-order valence-corrected chi connectivity index (χ2v) is 8.72. The van der Waals surface area contributed by atoms with Crippen LogP contribution in [0, 0.1) is 35.2 Å². The van der Waals surface area contributed by atoms with Gasteiger partial charge in [0.05, 0.1) is 0 Å². The lowest BCUT2D eigenvalue weighted by Gasteiger charge is -2.31. The minimum absolute atomic E-state index is 0.169. The summed E-state index contributed by atoms with van der Waals surface area (Å²) in [6, 6.07) is 2.37. The second-order valence-electron chi connectivity index (χ2n) is 8.19. The molecule has 1 aromatic rings. The number of benzene rings is 1. The lowest BCUT2D eigenvalue weighted by Crippen LogP contribution is -2.17. The Morgan fingerprint density at radius 1 is 0.808 bits per heavy atom. The van der Waals surface area contributed by atoms with Crippen molar-refractivity contribution in [1.82, 2.24) is 0 Å². The van der Waals surface area contributed by atoms with E-state index in [1.54, 1.807) is 0 Å². The van der Waals surface area contributed by atoms with Crippen LogP contribution >= 0.6 is 15.9 Å². The van der Waals surface area contributed by atoms with Crippen molar-refractivity contribution in [1.29, 1.82) is 0 Å². The van der Waals surface area contributed by atoms with Gasteiger partial charge in [0.25, 0.3) is 0 Å². The third kappa shape index (κ3) is 5.15. The minimum Gasteiger partial charge on any atom is -0.204 e. The van der Waals surface area contributed by atoms with Gasteiger partial charge in [0.15, 0.2) is 17.5 Å². The smallest absolute Gasteiger partial charge is 0.194 e. The van der Waals surface area contributed by atoms with Gasteiger partial charge in [-0.25, -0.2) is 13.2 Å². The van der Waals surface area contributed by atoms with E-state index >= 15 is 0 Å². The van der Waals surface area contributed by atoms with E-state index in [-0.39, 0.29) is 5.92 Å². The van der Waals surface area contributed by atoms with Crippen molar-refractivity contribution in [2.75, 3.05) is 0 Å². The van der Waals surface area contributed by atoms with E-state index in [0.29, 0.717) is 5.56 Å². The molecule has 3 rings (SSSR count). The van der Waals surface area contributed by atoms with Gasteiger partial charge >= 0.3 is 0 Å². The van der Waals surface area contributed by atoms with Gasteiger partial charge in [-0.15, -0.1) is 0 Å². The SMILES string of the molecule is Fc1cc([C@H]2CC[C@H](CC[C@H]3CC[C@H](/C=C/Br)CC3)CC2)cc(F)c1F. The molecule has 0 saturated heterocycles. The third-order valence-corrected chi connectivity index (χ3v) is 6.85. The van der Waals surface area contributed by atoms with E-state index in [9.17, 15) is 13.2 Å². The summed E-state index contributed by atoms with van der Waals surface area (Å²) in [6.45, 7) is 0. The molecule has 0 aliphatic heterocycles. The van der Waals surface area contributed by atoms with Gasteiger partial charge in [0.1, 0.15) is 0 Å². The Balaban J connectivity index is 1.42. The number of hydrogen-bond donors (Lipinski definition) is 0. The normalized spacial score (nSPS) is 30.0. The van der Waals surface area contributed by atoms with Gasteiger partial charge in [-0.2, -0.15) is 0 Å². The molecule has 4 heteroatoms. The van der Waals surface area contributed by atoms with Crippen LogP contribution in [0.15, 0.2) is 23.2 Å². The van der Waals surface area contributed by atoms with Crippen molar-refractivity contribution in [3.63, 3.8) is 0 Å². The fourth-order valence-corrected chi connectivity index (χ4v) is 5.27.